The van der Waals surface area contributed by atoms with E-state index in [1.54, 1.807) is 18.5 Å². The zero-order valence-electron chi connectivity index (χ0n) is 25.3. The number of alkyl halides is 2. The summed E-state index contributed by atoms with van der Waals surface area (Å²) < 4.78 is 34.8. The molecule has 0 bridgehead atoms. The van der Waals surface area contributed by atoms with Crippen molar-refractivity contribution in [2.75, 3.05) is 17.2 Å². The fourth-order valence-corrected chi connectivity index (χ4v) is 5.46. The quantitative estimate of drug-likeness (QED) is 0.182. The number of aromatic nitrogens is 5. The molecule has 45 heavy (non-hydrogen) atoms. The van der Waals surface area contributed by atoms with E-state index in [1.807, 2.05) is 31.2 Å². The number of benzene rings is 2. The molecule has 6 rings (SSSR count). The fraction of sp³-hybridized carbons (Fsp3) is 0.333. The highest BCUT2D eigenvalue weighted by Gasteiger charge is 2.54. The molecule has 1 fully saturated rings. The molecule has 0 spiro atoms. The van der Waals surface area contributed by atoms with Gasteiger partial charge in [0.25, 0.3) is 6.43 Å². The third-order valence-corrected chi connectivity index (χ3v) is 8.13. The monoisotopic (exact) mass is 607 g/mol. The number of nitriles is 2. The lowest BCUT2D eigenvalue weighted by Gasteiger charge is -2.23. The lowest BCUT2D eigenvalue weighted by molar-refractivity contribution is 0.0593. The van der Waals surface area contributed by atoms with Crippen LogP contribution in [0, 0.1) is 35.0 Å². The minimum atomic E-state index is -2.57. The second kappa shape index (κ2) is 11.3. The molecule has 3 aromatic heterocycles. The van der Waals surface area contributed by atoms with Gasteiger partial charge in [0.1, 0.15) is 23.4 Å². The van der Waals surface area contributed by atoms with E-state index in [1.165, 1.54) is 17.3 Å². The lowest BCUT2D eigenvalue weighted by atomic mass is 9.93. The van der Waals surface area contributed by atoms with E-state index in [0.29, 0.717) is 64.2 Å². The normalized spacial score (nSPS) is 14.6. The molecule has 1 unspecified atom stereocenters. The summed E-state index contributed by atoms with van der Waals surface area (Å²) in [6.45, 7) is 8.75. The van der Waals surface area contributed by atoms with Crippen molar-refractivity contribution in [3.8, 4) is 23.5 Å². The Morgan fingerprint density at radius 3 is 2.53 bits per heavy atom. The van der Waals surface area contributed by atoms with Gasteiger partial charge in [-0.25, -0.2) is 18.4 Å². The molecular weight excluding hydrogens is 576 g/mol. The van der Waals surface area contributed by atoms with Gasteiger partial charge in [-0.05, 0) is 48.4 Å². The highest BCUT2D eigenvalue weighted by molar-refractivity contribution is 5.99. The van der Waals surface area contributed by atoms with Crippen LogP contribution >= 0.6 is 0 Å². The number of nitrogens with one attached hydrogen (secondary N) is 2. The number of rotatable bonds is 9. The van der Waals surface area contributed by atoms with Crippen LogP contribution in [0.3, 0.4) is 0 Å². The summed E-state index contributed by atoms with van der Waals surface area (Å²) in [6, 6.07) is 13.0. The molecular formula is C33H31F2N9O. The third-order valence-electron chi connectivity index (χ3n) is 8.13. The summed E-state index contributed by atoms with van der Waals surface area (Å²) in [5.41, 5.74) is 3.70. The van der Waals surface area contributed by atoms with Gasteiger partial charge in [-0.3, -0.25) is 4.98 Å². The molecule has 1 aliphatic rings. The van der Waals surface area contributed by atoms with Crippen molar-refractivity contribution >= 4 is 22.3 Å². The summed E-state index contributed by atoms with van der Waals surface area (Å²) in [5, 5.41) is 36.0. The van der Waals surface area contributed by atoms with E-state index in [4.69, 9.17) is 4.42 Å². The maximum Gasteiger partial charge on any atom is 0.263 e. The predicted octanol–water partition coefficient (Wildman–Crippen LogP) is 6.95. The van der Waals surface area contributed by atoms with Crippen molar-refractivity contribution in [3.63, 3.8) is 0 Å². The van der Waals surface area contributed by atoms with E-state index < -0.39 is 18.0 Å². The molecule has 5 aromatic rings. The highest BCUT2D eigenvalue weighted by Crippen LogP contribution is 2.48. The summed E-state index contributed by atoms with van der Waals surface area (Å²) >= 11 is 0. The molecule has 10 nitrogen and oxygen atoms in total. The van der Waals surface area contributed by atoms with E-state index in [9.17, 15) is 19.3 Å². The largest absolute Gasteiger partial charge is 0.444 e. The van der Waals surface area contributed by atoms with Gasteiger partial charge in [0.2, 0.25) is 0 Å². The van der Waals surface area contributed by atoms with Gasteiger partial charge in [-0.15, -0.1) is 5.10 Å². The molecule has 2 N–H and O–H groups in total. The molecule has 12 heteroatoms. The number of fused-ring (bicyclic) bond motifs is 1. The molecule has 228 valence electrons. The van der Waals surface area contributed by atoms with Crippen molar-refractivity contribution in [2.24, 2.45) is 5.41 Å². The Morgan fingerprint density at radius 1 is 1.11 bits per heavy atom. The van der Waals surface area contributed by atoms with E-state index in [2.05, 4.69) is 63.8 Å². The van der Waals surface area contributed by atoms with Gasteiger partial charge in [0.15, 0.2) is 12.2 Å². The Hall–Kier alpha value is -5.36. The van der Waals surface area contributed by atoms with Crippen LogP contribution in [-0.2, 0) is 5.54 Å². The van der Waals surface area contributed by atoms with Crippen LogP contribution in [0.5, 0.6) is 0 Å². The number of hydrogen-bond donors (Lipinski definition) is 2. The molecule has 0 saturated heterocycles. The van der Waals surface area contributed by atoms with Gasteiger partial charge in [-0.2, -0.15) is 10.5 Å². The number of anilines is 2. The average Bonchev–Trinajstić information content (AvgIpc) is 3.39. The van der Waals surface area contributed by atoms with E-state index in [0.717, 1.165) is 16.7 Å². The third kappa shape index (κ3) is 5.55. The first kappa shape index (κ1) is 29.7. The first-order chi connectivity index (χ1) is 21.5. The number of hydrogen-bond acceptors (Lipinski definition) is 9. The van der Waals surface area contributed by atoms with Gasteiger partial charge in [-0.1, -0.05) is 44.2 Å². The lowest BCUT2D eigenvalue weighted by Crippen LogP contribution is -2.26. The van der Waals surface area contributed by atoms with Crippen molar-refractivity contribution in [3.05, 3.63) is 83.3 Å². The Kier molecular flexibility index (Phi) is 7.45. The van der Waals surface area contributed by atoms with E-state index in [-0.39, 0.29) is 5.41 Å². The molecule has 0 radical (unpaired) electrons. The van der Waals surface area contributed by atoms with Gasteiger partial charge >= 0.3 is 0 Å². The van der Waals surface area contributed by atoms with E-state index >= 15 is 0 Å². The molecule has 0 amide bonds. The maximum atomic E-state index is 14.0. The van der Waals surface area contributed by atoms with Gasteiger partial charge in [0.05, 0.1) is 40.8 Å². The predicted molar refractivity (Wildman–Crippen MR) is 164 cm³/mol. The van der Waals surface area contributed by atoms with Gasteiger partial charge < -0.3 is 15.1 Å². The number of oxazole rings is 1. The molecule has 1 saturated carbocycles. The topological polar surface area (TPSA) is 141 Å². The first-order valence-electron chi connectivity index (χ1n) is 14.5. The Bertz CT molecular complexity index is 1960. The number of pyridine rings is 1. The Balaban J connectivity index is 1.50. The SMILES string of the molecule is Cc1c(-c2cnco2)cccc1C(Nc1cc(C#N)c2ncc(C#N)c(NCC(C)(C)C)c2c1)c1cn(C2(C(F)F)CC2)nn1. The summed E-state index contributed by atoms with van der Waals surface area (Å²) in [4.78, 5) is 8.50. The maximum absolute atomic E-state index is 14.0. The minimum Gasteiger partial charge on any atom is -0.444 e. The summed E-state index contributed by atoms with van der Waals surface area (Å²) in [7, 11) is 0. The zero-order chi connectivity index (χ0) is 31.9. The Labute approximate surface area is 258 Å². The minimum absolute atomic E-state index is 0.0869. The van der Waals surface area contributed by atoms with Crippen molar-refractivity contribution in [2.45, 2.75) is 58.5 Å². The van der Waals surface area contributed by atoms with Crippen molar-refractivity contribution < 1.29 is 13.2 Å². The van der Waals surface area contributed by atoms with Crippen LogP contribution in [0.25, 0.3) is 22.2 Å². The highest BCUT2D eigenvalue weighted by atomic mass is 19.3. The first-order valence-corrected chi connectivity index (χ1v) is 14.5. The summed E-state index contributed by atoms with van der Waals surface area (Å²) in [6.07, 6.45) is 4.08. The van der Waals surface area contributed by atoms with Crippen molar-refractivity contribution in [1.82, 2.24) is 25.0 Å². The van der Waals surface area contributed by atoms with Crippen LogP contribution in [0.2, 0.25) is 0 Å². The van der Waals surface area contributed by atoms with Crippen LogP contribution in [0.4, 0.5) is 20.2 Å². The van der Waals surface area contributed by atoms with Crippen LogP contribution < -0.4 is 10.6 Å². The van der Waals surface area contributed by atoms with Crippen molar-refractivity contribution in [1.29, 1.82) is 10.5 Å². The number of nitrogens with zero attached hydrogens (tertiary/aromatic N) is 7. The summed E-state index contributed by atoms with van der Waals surface area (Å²) in [5.74, 6) is 0.577. The zero-order valence-corrected chi connectivity index (χ0v) is 25.3. The smallest absolute Gasteiger partial charge is 0.263 e. The molecule has 1 aliphatic carbocycles. The Morgan fingerprint density at radius 2 is 1.89 bits per heavy atom. The molecule has 0 aliphatic heterocycles. The van der Waals surface area contributed by atoms with Crippen LogP contribution in [-0.4, -0.2) is 37.9 Å². The average molecular weight is 608 g/mol. The van der Waals surface area contributed by atoms with Crippen LogP contribution in [0.1, 0.15) is 67.6 Å². The second-order valence-corrected chi connectivity index (χ2v) is 12.6. The van der Waals surface area contributed by atoms with Crippen LogP contribution in [0.15, 0.2) is 59.7 Å². The van der Waals surface area contributed by atoms with Gasteiger partial charge in [0, 0.05) is 29.4 Å². The fourth-order valence-electron chi connectivity index (χ4n) is 5.46. The molecule has 1 atom stereocenters. The standard InChI is InChI=1S/C33H31F2N9O/c1-19-23(27-15-38-18-45-27)6-5-7-24(19)30(26-16-44(43-42-26)33(8-9-33)31(34)35)41-22-10-20(12-36)28-25(11-22)29(21(13-37)14-39-28)40-17-32(2,3)4/h5-7,10-11,14-16,18,30-31,41H,8-9,17H2,1-4H3,(H,39,40). The number of halogens is 2. The molecule has 3 heterocycles. The second-order valence-electron chi connectivity index (χ2n) is 12.6. The molecule has 2 aromatic carbocycles.